The summed E-state index contributed by atoms with van der Waals surface area (Å²) in [7, 11) is 2.37. The standard InChI is InChI=1S/C26H26N4O5/c1-4-9-20(31)29-17-12-8-13-18(14-17)30-23(26(33)35-3)22(25(32)34-2)21(19(15-27)24(30)28)16-10-6-5-7-11-16/h5-8,10-14,21H,4,9,28H2,1-3H3,(H,29,31). The van der Waals surface area contributed by atoms with E-state index in [2.05, 4.69) is 11.4 Å². The lowest BCUT2D eigenvalue weighted by atomic mass is 9.81. The van der Waals surface area contributed by atoms with E-state index in [9.17, 15) is 19.6 Å². The minimum absolute atomic E-state index is 0.0496. The molecule has 35 heavy (non-hydrogen) atoms. The number of carbonyl (C=O) groups is 3. The summed E-state index contributed by atoms with van der Waals surface area (Å²) in [6, 6.07) is 17.4. The number of nitrogens with zero attached hydrogens (tertiary/aromatic N) is 2. The molecule has 0 aromatic heterocycles. The zero-order chi connectivity index (χ0) is 25.5. The van der Waals surface area contributed by atoms with Gasteiger partial charge in [0.1, 0.15) is 11.5 Å². The van der Waals surface area contributed by atoms with Crippen molar-refractivity contribution in [1.29, 1.82) is 5.26 Å². The molecule has 1 unspecified atom stereocenters. The van der Waals surface area contributed by atoms with Crippen molar-refractivity contribution < 1.29 is 23.9 Å². The number of rotatable bonds is 7. The molecule has 1 amide bonds. The Kier molecular flexibility index (Phi) is 7.89. The maximum Gasteiger partial charge on any atom is 0.355 e. The maximum absolute atomic E-state index is 13.1. The Hall–Kier alpha value is -4.58. The summed E-state index contributed by atoms with van der Waals surface area (Å²) in [6.45, 7) is 1.89. The summed E-state index contributed by atoms with van der Waals surface area (Å²) in [5.74, 6) is -2.82. The molecule has 0 bridgehead atoms. The molecular weight excluding hydrogens is 448 g/mol. The maximum atomic E-state index is 13.1. The van der Waals surface area contributed by atoms with Crippen LogP contribution in [0, 0.1) is 11.3 Å². The van der Waals surface area contributed by atoms with E-state index in [-0.39, 0.29) is 28.6 Å². The number of nitrogens with two attached hydrogens (primary N) is 1. The summed E-state index contributed by atoms with van der Waals surface area (Å²) in [5, 5.41) is 12.9. The molecule has 1 atom stereocenters. The largest absolute Gasteiger partial charge is 0.466 e. The number of ether oxygens (including phenoxy) is 2. The lowest BCUT2D eigenvalue weighted by Crippen LogP contribution is -2.40. The van der Waals surface area contributed by atoms with Crippen LogP contribution in [-0.2, 0) is 23.9 Å². The summed E-state index contributed by atoms with van der Waals surface area (Å²) in [4.78, 5) is 39.6. The van der Waals surface area contributed by atoms with Crippen LogP contribution in [0.2, 0.25) is 0 Å². The Morgan fingerprint density at radius 3 is 2.34 bits per heavy atom. The number of nitriles is 1. The molecule has 9 heteroatoms. The molecule has 1 heterocycles. The molecular formula is C26H26N4O5. The number of hydrogen-bond acceptors (Lipinski definition) is 8. The monoisotopic (exact) mass is 474 g/mol. The Balaban J connectivity index is 2.29. The molecule has 3 rings (SSSR count). The normalized spacial score (nSPS) is 15.4. The van der Waals surface area contributed by atoms with E-state index in [1.165, 1.54) is 19.1 Å². The van der Waals surface area contributed by atoms with E-state index >= 15 is 0 Å². The van der Waals surface area contributed by atoms with Crippen molar-refractivity contribution in [1.82, 2.24) is 0 Å². The first-order valence-electron chi connectivity index (χ1n) is 10.9. The quantitative estimate of drug-likeness (QED) is 0.584. The van der Waals surface area contributed by atoms with Crippen molar-refractivity contribution in [2.45, 2.75) is 25.7 Å². The van der Waals surface area contributed by atoms with Crippen LogP contribution in [0.5, 0.6) is 0 Å². The van der Waals surface area contributed by atoms with Crippen molar-refractivity contribution in [2.75, 3.05) is 24.4 Å². The molecule has 0 saturated carbocycles. The van der Waals surface area contributed by atoms with Crippen LogP contribution in [-0.4, -0.2) is 32.1 Å². The van der Waals surface area contributed by atoms with Gasteiger partial charge in [0.05, 0.1) is 37.4 Å². The number of benzene rings is 2. The second kappa shape index (κ2) is 11.0. The summed E-state index contributed by atoms with van der Waals surface area (Å²) < 4.78 is 10.0. The van der Waals surface area contributed by atoms with Gasteiger partial charge in [-0.25, -0.2) is 9.59 Å². The van der Waals surface area contributed by atoms with E-state index in [4.69, 9.17) is 15.2 Å². The molecule has 2 aromatic carbocycles. The molecule has 2 aromatic rings. The highest BCUT2D eigenvalue weighted by Crippen LogP contribution is 2.43. The van der Waals surface area contributed by atoms with Gasteiger partial charge in [-0.3, -0.25) is 9.69 Å². The molecule has 0 fully saturated rings. The van der Waals surface area contributed by atoms with Crippen LogP contribution < -0.4 is 16.0 Å². The predicted octanol–water partition coefficient (Wildman–Crippen LogP) is 3.32. The van der Waals surface area contributed by atoms with E-state index < -0.39 is 17.9 Å². The first-order chi connectivity index (χ1) is 16.9. The van der Waals surface area contributed by atoms with Gasteiger partial charge in [0.25, 0.3) is 0 Å². The second-order valence-electron chi connectivity index (χ2n) is 7.68. The highest BCUT2D eigenvalue weighted by Gasteiger charge is 2.43. The van der Waals surface area contributed by atoms with Gasteiger partial charge in [-0.05, 0) is 30.2 Å². The second-order valence-corrected chi connectivity index (χ2v) is 7.68. The van der Waals surface area contributed by atoms with Gasteiger partial charge in [0, 0.05) is 17.8 Å². The Labute approximate surface area is 203 Å². The molecule has 9 nitrogen and oxygen atoms in total. The fraction of sp³-hybridized carbons (Fsp3) is 0.231. The van der Waals surface area contributed by atoms with Crippen molar-refractivity contribution in [3.8, 4) is 6.07 Å². The summed E-state index contributed by atoms with van der Waals surface area (Å²) in [5.41, 5.74) is 7.66. The van der Waals surface area contributed by atoms with Crippen LogP contribution in [0.15, 0.2) is 77.3 Å². The SMILES string of the molecule is CCCC(=O)Nc1cccc(N2C(N)=C(C#N)C(c3ccccc3)C(C(=O)OC)=C2C(=O)OC)c1. The number of amides is 1. The first-order valence-corrected chi connectivity index (χ1v) is 10.9. The molecule has 0 aliphatic carbocycles. The zero-order valence-corrected chi connectivity index (χ0v) is 19.7. The van der Waals surface area contributed by atoms with E-state index in [0.717, 1.165) is 0 Å². The molecule has 0 radical (unpaired) electrons. The van der Waals surface area contributed by atoms with Gasteiger partial charge in [0.2, 0.25) is 5.91 Å². The summed E-state index contributed by atoms with van der Waals surface area (Å²) >= 11 is 0. The van der Waals surface area contributed by atoms with Crippen LogP contribution in [0.1, 0.15) is 31.2 Å². The van der Waals surface area contributed by atoms with Crippen LogP contribution in [0.4, 0.5) is 11.4 Å². The number of carbonyl (C=O) groups excluding carboxylic acids is 3. The van der Waals surface area contributed by atoms with E-state index in [1.54, 1.807) is 54.6 Å². The van der Waals surface area contributed by atoms with Crippen molar-refractivity contribution >= 4 is 29.2 Å². The molecule has 0 spiro atoms. The number of anilines is 2. The number of methoxy groups -OCH3 is 2. The van der Waals surface area contributed by atoms with E-state index in [1.807, 2.05) is 6.92 Å². The Morgan fingerprint density at radius 2 is 1.74 bits per heavy atom. The summed E-state index contributed by atoms with van der Waals surface area (Å²) in [6.07, 6.45) is 1.02. The highest BCUT2D eigenvalue weighted by molar-refractivity contribution is 6.06. The smallest absolute Gasteiger partial charge is 0.355 e. The zero-order valence-electron chi connectivity index (χ0n) is 19.7. The topological polar surface area (TPSA) is 135 Å². The van der Waals surface area contributed by atoms with E-state index in [0.29, 0.717) is 29.8 Å². The van der Waals surface area contributed by atoms with Gasteiger partial charge in [0.15, 0.2) is 0 Å². The minimum atomic E-state index is -0.952. The van der Waals surface area contributed by atoms with Crippen LogP contribution in [0.3, 0.4) is 0 Å². The van der Waals surface area contributed by atoms with Gasteiger partial charge in [-0.1, -0.05) is 43.3 Å². The van der Waals surface area contributed by atoms with Gasteiger partial charge >= 0.3 is 11.9 Å². The van der Waals surface area contributed by atoms with Crippen LogP contribution in [0.25, 0.3) is 0 Å². The molecule has 1 aliphatic rings. The third kappa shape index (κ3) is 5.01. The van der Waals surface area contributed by atoms with Crippen LogP contribution >= 0.6 is 0 Å². The predicted molar refractivity (Wildman–Crippen MR) is 130 cm³/mol. The fourth-order valence-electron chi connectivity index (χ4n) is 3.95. The lowest BCUT2D eigenvalue weighted by Gasteiger charge is -2.36. The molecule has 1 aliphatic heterocycles. The molecule has 0 saturated heterocycles. The highest BCUT2D eigenvalue weighted by atomic mass is 16.5. The van der Waals surface area contributed by atoms with Crippen molar-refractivity contribution in [3.05, 3.63) is 82.8 Å². The first kappa shape index (κ1) is 25.1. The van der Waals surface area contributed by atoms with Gasteiger partial charge in [-0.2, -0.15) is 5.26 Å². The minimum Gasteiger partial charge on any atom is -0.466 e. The van der Waals surface area contributed by atoms with Gasteiger partial charge < -0.3 is 20.5 Å². The third-order valence-corrected chi connectivity index (χ3v) is 5.48. The third-order valence-electron chi connectivity index (χ3n) is 5.48. The average molecular weight is 475 g/mol. The van der Waals surface area contributed by atoms with Crippen molar-refractivity contribution in [3.63, 3.8) is 0 Å². The fourth-order valence-corrected chi connectivity index (χ4v) is 3.95. The molecule has 3 N–H and O–H groups in total. The number of esters is 2. The van der Waals surface area contributed by atoms with Crippen molar-refractivity contribution in [2.24, 2.45) is 5.73 Å². The van der Waals surface area contributed by atoms with Gasteiger partial charge in [-0.15, -0.1) is 0 Å². The average Bonchev–Trinajstić information content (AvgIpc) is 2.87. The molecule has 180 valence electrons. The number of allylic oxidation sites excluding steroid dienone is 1. The number of nitrogens with one attached hydrogen (secondary N) is 1. The lowest BCUT2D eigenvalue weighted by molar-refractivity contribution is -0.139. The number of hydrogen-bond donors (Lipinski definition) is 2. The Bertz CT molecular complexity index is 1240. The Morgan fingerprint density at radius 1 is 1.06 bits per heavy atom.